The largest absolute Gasteiger partial charge is 0.268 e. The first-order valence-electron chi connectivity index (χ1n) is 8.12. The van der Waals surface area contributed by atoms with E-state index in [1.165, 1.54) is 11.8 Å². The summed E-state index contributed by atoms with van der Waals surface area (Å²) in [5.74, 6) is 0.435. The summed E-state index contributed by atoms with van der Waals surface area (Å²) in [7, 11) is 0. The number of aryl methyl sites for hydroxylation is 1. The predicted molar refractivity (Wildman–Crippen MR) is 102 cm³/mol. The third kappa shape index (κ3) is 2.55. The zero-order valence-corrected chi connectivity index (χ0v) is 15.1. The molecule has 0 fully saturated rings. The predicted octanol–water partition coefficient (Wildman–Crippen LogP) is 3.35. The van der Waals surface area contributed by atoms with Crippen molar-refractivity contribution in [1.82, 2.24) is 19.2 Å². The number of fused-ring (bicyclic) bond motifs is 3. The monoisotopic (exact) mass is 361 g/mol. The van der Waals surface area contributed by atoms with Crippen molar-refractivity contribution in [3.63, 3.8) is 0 Å². The van der Waals surface area contributed by atoms with Crippen molar-refractivity contribution in [2.45, 2.75) is 24.3 Å². The maximum atomic E-state index is 13.1. The van der Waals surface area contributed by atoms with Crippen LogP contribution in [0.4, 0.5) is 0 Å². The van der Waals surface area contributed by atoms with E-state index in [2.05, 4.69) is 16.3 Å². The first kappa shape index (κ1) is 16.4. The Morgan fingerprint density at radius 1 is 1.12 bits per heavy atom. The van der Waals surface area contributed by atoms with E-state index in [1.54, 1.807) is 10.6 Å². The number of para-hydroxylation sites is 1. The van der Waals surface area contributed by atoms with Crippen LogP contribution in [0.3, 0.4) is 0 Å². The minimum Gasteiger partial charge on any atom is -0.268 e. The third-order valence-electron chi connectivity index (χ3n) is 4.15. The highest BCUT2D eigenvalue weighted by molar-refractivity contribution is 8.00. The molecule has 0 amide bonds. The molecule has 26 heavy (non-hydrogen) atoms. The molecule has 2 heterocycles. The van der Waals surface area contributed by atoms with Crippen molar-refractivity contribution in [3.8, 4) is 11.8 Å². The standard InChI is InChI=1S/C19H15N5OS/c1-12-7-9-14(10-8-12)23-17(25)15-5-3-4-6-16(15)24-18(23)21-22-19(24)26-13(2)11-20/h3-10,13H,1-2H3. The summed E-state index contributed by atoms with van der Waals surface area (Å²) >= 11 is 1.32. The Morgan fingerprint density at radius 2 is 1.85 bits per heavy atom. The average molecular weight is 361 g/mol. The summed E-state index contributed by atoms with van der Waals surface area (Å²) in [6.45, 7) is 3.81. The van der Waals surface area contributed by atoms with E-state index in [1.807, 2.05) is 60.7 Å². The van der Waals surface area contributed by atoms with Crippen LogP contribution < -0.4 is 5.56 Å². The van der Waals surface area contributed by atoms with Gasteiger partial charge in [-0.3, -0.25) is 9.20 Å². The van der Waals surface area contributed by atoms with Crippen LogP contribution in [-0.2, 0) is 0 Å². The Labute approximate surface area is 153 Å². The molecular formula is C19H15N5OS. The van der Waals surface area contributed by atoms with E-state index < -0.39 is 0 Å². The van der Waals surface area contributed by atoms with Crippen molar-refractivity contribution in [3.05, 3.63) is 64.4 Å². The molecule has 6 nitrogen and oxygen atoms in total. The Hall–Kier alpha value is -3.11. The van der Waals surface area contributed by atoms with Gasteiger partial charge in [0.05, 0.1) is 27.9 Å². The topological polar surface area (TPSA) is 76.0 Å². The van der Waals surface area contributed by atoms with Crippen molar-refractivity contribution >= 4 is 28.4 Å². The van der Waals surface area contributed by atoms with Crippen LogP contribution in [0.25, 0.3) is 22.4 Å². The quantitative estimate of drug-likeness (QED) is 0.523. The highest BCUT2D eigenvalue weighted by Crippen LogP contribution is 2.25. The lowest BCUT2D eigenvalue weighted by atomic mass is 10.2. The maximum Gasteiger partial charge on any atom is 0.267 e. The summed E-state index contributed by atoms with van der Waals surface area (Å²) in [5, 5.41) is 18.5. The normalized spacial score (nSPS) is 12.3. The first-order valence-corrected chi connectivity index (χ1v) is 9.00. The molecule has 2 aromatic heterocycles. The maximum absolute atomic E-state index is 13.1. The van der Waals surface area contributed by atoms with Gasteiger partial charge in [-0.2, -0.15) is 5.26 Å². The fourth-order valence-corrected chi connectivity index (χ4v) is 3.61. The molecule has 128 valence electrons. The molecule has 0 aliphatic heterocycles. The van der Waals surface area contributed by atoms with Crippen LogP contribution >= 0.6 is 11.8 Å². The SMILES string of the molecule is Cc1ccc(-n2c(=O)c3ccccc3n3c(SC(C)C#N)nnc23)cc1. The summed E-state index contributed by atoms with van der Waals surface area (Å²) in [6, 6.07) is 17.3. The second-order valence-electron chi connectivity index (χ2n) is 6.00. The van der Waals surface area contributed by atoms with Crippen molar-refractivity contribution in [2.24, 2.45) is 0 Å². The number of hydrogen-bond acceptors (Lipinski definition) is 5. The Bertz CT molecular complexity index is 1220. The minimum absolute atomic E-state index is 0.144. The van der Waals surface area contributed by atoms with Crippen molar-refractivity contribution in [2.75, 3.05) is 0 Å². The number of nitriles is 1. The van der Waals surface area contributed by atoms with Gasteiger partial charge in [0.1, 0.15) is 0 Å². The number of hydrogen-bond donors (Lipinski definition) is 0. The molecule has 0 bridgehead atoms. The molecular weight excluding hydrogens is 346 g/mol. The van der Waals surface area contributed by atoms with Gasteiger partial charge >= 0.3 is 0 Å². The average Bonchev–Trinajstić information content (AvgIpc) is 3.06. The second-order valence-corrected chi connectivity index (χ2v) is 7.31. The number of thioether (sulfide) groups is 1. The summed E-state index contributed by atoms with van der Waals surface area (Å²) in [6.07, 6.45) is 0. The number of benzene rings is 2. The first-order chi connectivity index (χ1) is 12.6. The van der Waals surface area contributed by atoms with Crippen molar-refractivity contribution < 1.29 is 0 Å². The molecule has 2 aromatic carbocycles. The number of nitrogens with zero attached hydrogens (tertiary/aromatic N) is 5. The van der Waals surface area contributed by atoms with Gasteiger partial charge in [-0.25, -0.2) is 4.57 Å². The fourth-order valence-electron chi connectivity index (χ4n) is 2.87. The lowest BCUT2D eigenvalue weighted by Crippen LogP contribution is -2.21. The number of aromatic nitrogens is 4. The molecule has 0 saturated heterocycles. The van der Waals surface area contributed by atoms with Gasteiger partial charge in [0.2, 0.25) is 5.78 Å². The van der Waals surface area contributed by atoms with Crippen LogP contribution in [0.15, 0.2) is 58.5 Å². The summed E-state index contributed by atoms with van der Waals surface area (Å²) in [5.41, 5.74) is 2.43. The van der Waals surface area contributed by atoms with Crippen LogP contribution in [-0.4, -0.2) is 24.4 Å². The van der Waals surface area contributed by atoms with E-state index in [4.69, 9.17) is 5.26 Å². The molecule has 4 rings (SSSR count). The molecule has 7 heteroatoms. The van der Waals surface area contributed by atoms with Crippen LogP contribution in [0.1, 0.15) is 12.5 Å². The smallest absolute Gasteiger partial charge is 0.267 e. The van der Waals surface area contributed by atoms with Gasteiger partial charge in [-0.05, 0) is 38.1 Å². The molecule has 0 radical (unpaired) electrons. The van der Waals surface area contributed by atoms with E-state index in [0.717, 1.165) is 16.8 Å². The molecule has 1 unspecified atom stereocenters. The molecule has 0 N–H and O–H groups in total. The molecule has 0 saturated carbocycles. The highest BCUT2D eigenvalue weighted by atomic mass is 32.2. The zero-order chi connectivity index (χ0) is 18.3. The fraction of sp³-hybridized carbons (Fsp3) is 0.158. The Morgan fingerprint density at radius 3 is 2.58 bits per heavy atom. The summed E-state index contributed by atoms with van der Waals surface area (Å²) in [4.78, 5) is 13.1. The molecule has 0 aliphatic carbocycles. The van der Waals surface area contributed by atoms with E-state index in [9.17, 15) is 4.79 Å². The highest BCUT2D eigenvalue weighted by Gasteiger charge is 2.19. The van der Waals surface area contributed by atoms with Crippen LogP contribution in [0, 0.1) is 18.3 Å². The Kier molecular flexibility index (Phi) is 3.98. The molecule has 0 spiro atoms. The van der Waals surface area contributed by atoms with Gasteiger partial charge in [-0.1, -0.05) is 41.6 Å². The zero-order valence-electron chi connectivity index (χ0n) is 14.2. The van der Waals surface area contributed by atoms with Crippen LogP contribution in [0.5, 0.6) is 0 Å². The second kappa shape index (κ2) is 6.32. The lowest BCUT2D eigenvalue weighted by molar-refractivity contribution is 0.927. The molecule has 0 aliphatic rings. The van der Waals surface area contributed by atoms with Gasteiger partial charge in [0.15, 0.2) is 5.16 Å². The number of rotatable bonds is 3. The Balaban J connectivity index is 2.11. The molecule has 4 aromatic rings. The minimum atomic E-state index is -0.277. The van der Waals surface area contributed by atoms with Gasteiger partial charge in [-0.15, -0.1) is 10.2 Å². The van der Waals surface area contributed by atoms with Crippen LogP contribution in [0.2, 0.25) is 0 Å². The van der Waals surface area contributed by atoms with Gasteiger partial charge < -0.3 is 0 Å². The van der Waals surface area contributed by atoms with Crippen molar-refractivity contribution in [1.29, 1.82) is 5.26 Å². The third-order valence-corrected chi connectivity index (χ3v) is 5.08. The lowest BCUT2D eigenvalue weighted by Gasteiger charge is -2.11. The molecule has 1 atom stereocenters. The van der Waals surface area contributed by atoms with E-state index in [-0.39, 0.29) is 10.8 Å². The van der Waals surface area contributed by atoms with Gasteiger partial charge in [0, 0.05) is 0 Å². The van der Waals surface area contributed by atoms with E-state index in [0.29, 0.717) is 16.3 Å². The summed E-state index contributed by atoms with van der Waals surface area (Å²) < 4.78 is 3.41. The van der Waals surface area contributed by atoms with Gasteiger partial charge in [0.25, 0.3) is 5.56 Å². The van der Waals surface area contributed by atoms with E-state index >= 15 is 0 Å².